The SMILES string of the molecule is CN=C(NCc1nncn1-c1ccccc1)NC1CCN(CC(F)(F)F)C1.I. The monoisotopic (exact) mass is 509 g/mol. The van der Waals surface area contributed by atoms with Crippen molar-refractivity contribution in [1.82, 2.24) is 30.3 Å². The molecule has 2 N–H and O–H groups in total. The zero-order valence-electron chi connectivity index (χ0n) is 15.4. The minimum Gasteiger partial charge on any atom is -0.352 e. The van der Waals surface area contributed by atoms with E-state index in [-0.39, 0.29) is 30.0 Å². The number of alkyl halides is 3. The van der Waals surface area contributed by atoms with Gasteiger partial charge in [0.25, 0.3) is 0 Å². The molecule has 1 aromatic heterocycles. The van der Waals surface area contributed by atoms with Crippen molar-refractivity contribution in [2.24, 2.45) is 4.99 Å². The quantitative estimate of drug-likeness (QED) is 0.368. The Morgan fingerprint density at radius 2 is 2.04 bits per heavy atom. The van der Waals surface area contributed by atoms with Crippen LogP contribution < -0.4 is 10.6 Å². The number of hydrogen-bond donors (Lipinski definition) is 2. The number of hydrogen-bond acceptors (Lipinski definition) is 4. The molecule has 7 nitrogen and oxygen atoms in total. The van der Waals surface area contributed by atoms with Gasteiger partial charge in [-0.3, -0.25) is 14.5 Å². The van der Waals surface area contributed by atoms with E-state index in [1.54, 1.807) is 13.4 Å². The fourth-order valence-corrected chi connectivity index (χ4v) is 3.08. The third-order valence-corrected chi connectivity index (χ3v) is 4.31. The van der Waals surface area contributed by atoms with E-state index in [2.05, 4.69) is 25.8 Å². The number of likely N-dealkylation sites (tertiary alicyclic amines) is 1. The van der Waals surface area contributed by atoms with Crippen LogP contribution in [0.1, 0.15) is 12.2 Å². The molecule has 1 fully saturated rings. The van der Waals surface area contributed by atoms with Gasteiger partial charge in [-0.2, -0.15) is 13.2 Å². The van der Waals surface area contributed by atoms with Crippen LogP contribution in [0.25, 0.3) is 5.69 Å². The average Bonchev–Trinajstić information content (AvgIpc) is 3.27. The molecule has 28 heavy (non-hydrogen) atoms. The first-order valence-corrected chi connectivity index (χ1v) is 8.65. The van der Waals surface area contributed by atoms with Gasteiger partial charge in [-0.05, 0) is 18.6 Å². The van der Waals surface area contributed by atoms with Crippen molar-refractivity contribution in [2.45, 2.75) is 25.2 Å². The molecule has 154 valence electrons. The van der Waals surface area contributed by atoms with Gasteiger partial charge in [-0.15, -0.1) is 34.2 Å². The smallest absolute Gasteiger partial charge is 0.352 e. The van der Waals surface area contributed by atoms with Crippen LogP contribution in [0.2, 0.25) is 0 Å². The molecule has 0 amide bonds. The first kappa shape index (κ1) is 22.4. The molecule has 0 aliphatic carbocycles. The number of para-hydroxylation sites is 1. The van der Waals surface area contributed by atoms with E-state index in [1.165, 1.54) is 4.90 Å². The minimum absolute atomic E-state index is 0. The number of rotatable bonds is 5. The highest BCUT2D eigenvalue weighted by atomic mass is 127. The van der Waals surface area contributed by atoms with E-state index in [0.29, 0.717) is 37.8 Å². The lowest BCUT2D eigenvalue weighted by molar-refractivity contribution is -0.143. The summed E-state index contributed by atoms with van der Waals surface area (Å²) in [6, 6.07) is 9.62. The van der Waals surface area contributed by atoms with Gasteiger partial charge in [0.2, 0.25) is 0 Å². The van der Waals surface area contributed by atoms with Crippen LogP contribution >= 0.6 is 24.0 Å². The van der Waals surface area contributed by atoms with Crippen molar-refractivity contribution in [3.8, 4) is 5.69 Å². The Kier molecular flexibility index (Phi) is 8.04. The van der Waals surface area contributed by atoms with Gasteiger partial charge < -0.3 is 10.6 Å². The molecule has 1 aromatic carbocycles. The van der Waals surface area contributed by atoms with Crippen LogP contribution in [0, 0.1) is 0 Å². The Hall–Kier alpha value is -1.89. The number of halogens is 4. The van der Waals surface area contributed by atoms with Crippen molar-refractivity contribution in [1.29, 1.82) is 0 Å². The number of aliphatic imine (C=N–C) groups is 1. The second-order valence-electron chi connectivity index (χ2n) is 6.36. The van der Waals surface area contributed by atoms with Crippen LogP contribution in [0.15, 0.2) is 41.7 Å². The number of nitrogens with one attached hydrogen (secondary N) is 2. The summed E-state index contributed by atoms with van der Waals surface area (Å²) in [6.45, 7) is 0.252. The Morgan fingerprint density at radius 1 is 1.29 bits per heavy atom. The summed E-state index contributed by atoms with van der Waals surface area (Å²) in [5.74, 6) is 1.23. The zero-order chi connectivity index (χ0) is 19.3. The Morgan fingerprint density at radius 3 is 2.71 bits per heavy atom. The maximum atomic E-state index is 12.5. The van der Waals surface area contributed by atoms with E-state index >= 15 is 0 Å². The first-order chi connectivity index (χ1) is 12.9. The molecule has 0 bridgehead atoms. The van der Waals surface area contributed by atoms with E-state index in [4.69, 9.17) is 0 Å². The van der Waals surface area contributed by atoms with Crippen molar-refractivity contribution >= 4 is 29.9 Å². The topological polar surface area (TPSA) is 70.4 Å². The van der Waals surface area contributed by atoms with Gasteiger partial charge in [0, 0.05) is 31.9 Å². The van der Waals surface area contributed by atoms with Gasteiger partial charge >= 0.3 is 6.18 Å². The lowest BCUT2D eigenvalue weighted by Gasteiger charge is -2.19. The molecule has 1 atom stereocenters. The molecule has 1 saturated heterocycles. The molecule has 2 aromatic rings. The van der Waals surface area contributed by atoms with Crippen molar-refractivity contribution in [3.63, 3.8) is 0 Å². The van der Waals surface area contributed by atoms with Crippen LogP contribution in [0.3, 0.4) is 0 Å². The summed E-state index contributed by atoms with van der Waals surface area (Å²) in [7, 11) is 1.62. The van der Waals surface area contributed by atoms with Crippen LogP contribution in [-0.2, 0) is 6.54 Å². The minimum atomic E-state index is -4.17. The highest BCUT2D eigenvalue weighted by molar-refractivity contribution is 14.0. The van der Waals surface area contributed by atoms with Gasteiger partial charge in [0.15, 0.2) is 11.8 Å². The van der Waals surface area contributed by atoms with E-state index < -0.39 is 12.7 Å². The third kappa shape index (κ3) is 6.33. The van der Waals surface area contributed by atoms with Gasteiger partial charge in [-0.25, -0.2) is 0 Å². The van der Waals surface area contributed by atoms with E-state index in [1.807, 2.05) is 34.9 Å². The summed E-state index contributed by atoms with van der Waals surface area (Å²) in [4.78, 5) is 5.55. The summed E-state index contributed by atoms with van der Waals surface area (Å²) in [5, 5.41) is 14.4. The van der Waals surface area contributed by atoms with E-state index in [0.717, 1.165) is 5.69 Å². The van der Waals surface area contributed by atoms with Crippen molar-refractivity contribution in [3.05, 3.63) is 42.5 Å². The molecule has 0 spiro atoms. The third-order valence-electron chi connectivity index (χ3n) is 4.31. The zero-order valence-corrected chi connectivity index (χ0v) is 17.7. The predicted molar refractivity (Wildman–Crippen MR) is 111 cm³/mol. The summed E-state index contributed by atoms with van der Waals surface area (Å²) in [6.07, 6.45) is -1.90. The molecule has 1 unspecified atom stereocenters. The number of nitrogens with zero attached hydrogens (tertiary/aromatic N) is 5. The highest BCUT2D eigenvalue weighted by Gasteiger charge is 2.34. The Labute approximate surface area is 178 Å². The standard InChI is InChI=1S/C17H22F3N7.HI/c1-21-16(24-13-7-8-26(10-13)11-17(18,19)20)22-9-15-25-23-12-27(15)14-5-3-2-4-6-14;/h2-6,12-13H,7-11H2,1H3,(H2,21,22,24);1H. The fourth-order valence-electron chi connectivity index (χ4n) is 3.08. The largest absolute Gasteiger partial charge is 0.401 e. The van der Waals surface area contributed by atoms with Crippen molar-refractivity contribution in [2.75, 3.05) is 26.7 Å². The number of guanidine groups is 1. The summed E-state index contributed by atoms with van der Waals surface area (Å²) < 4.78 is 39.4. The Bertz CT molecular complexity index is 764. The molecule has 1 aliphatic rings. The number of benzene rings is 1. The molecule has 3 rings (SSSR count). The summed E-state index contributed by atoms with van der Waals surface area (Å²) >= 11 is 0. The maximum absolute atomic E-state index is 12.5. The van der Waals surface area contributed by atoms with Gasteiger partial charge in [0.05, 0.1) is 13.1 Å². The molecular weight excluding hydrogens is 486 g/mol. The van der Waals surface area contributed by atoms with Crippen molar-refractivity contribution < 1.29 is 13.2 Å². The predicted octanol–water partition coefficient (Wildman–Crippen LogP) is 2.19. The first-order valence-electron chi connectivity index (χ1n) is 8.65. The normalized spacial score (nSPS) is 18.0. The molecule has 0 radical (unpaired) electrons. The summed E-state index contributed by atoms with van der Waals surface area (Å²) in [5.41, 5.74) is 0.945. The molecule has 0 saturated carbocycles. The number of aromatic nitrogens is 3. The molecule has 11 heteroatoms. The fraction of sp³-hybridized carbons (Fsp3) is 0.471. The van der Waals surface area contributed by atoms with Gasteiger partial charge in [-0.1, -0.05) is 18.2 Å². The molecule has 1 aliphatic heterocycles. The van der Waals surface area contributed by atoms with Crippen LogP contribution in [0.4, 0.5) is 13.2 Å². The van der Waals surface area contributed by atoms with E-state index in [9.17, 15) is 13.2 Å². The van der Waals surface area contributed by atoms with Gasteiger partial charge in [0.1, 0.15) is 6.33 Å². The second kappa shape index (κ2) is 10.0. The van der Waals surface area contributed by atoms with Crippen LogP contribution in [-0.4, -0.2) is 64.5 Å². The maximum Gasteiger partial charge on any atom is 0.401 e. The molecular formula is C17H23F3IN7. The highest BCUT2D eigenvalue weighted by Crippen LogP contribution is 2.19. The molecule has 2 heterocycles. The lowest BCUT2D eigenvalue weighted by Crippen LogP contribution is -2.45. The average molecular weight is 509 g/mol. The van der Waals surface area contributed by atoms with Crippen LogP contribution in [0.5, 0.6) is 0 Å². The Balaban J connectivity index is 0.00000280. The second-order valence-corrected chi connectivity index (χ2v) is 6.36. The lowest BCUT2D eigenvalue weighted by atomic mass is 10.3.